The van der Waals surface area contributed by atoms with Crippen molar-refractivity contribution in [2.24, 2.45) is 5.11 Å². The molecular formula is C10H8BrN3O. The van der Waals surface area contributed by atoms with Crippen LogP contribution >= 0.6 is 15.9 Å². The molecule has 0 saturated carbocycles. The lowest BCUT2D eigenvalue weighted by Crippen LogP contribution is -1.82. The molecule has 1 aromatic heterocycles. The van der Waals surface area contributed by atoms with Crippen LogP contribution in [0.15, 0.2) is 38.3 Å². The number of furan rings is 1. The van der Waals surface area contributed by atoms with Crippen molar-refractivity contribution in [3.05, 3.63) is 44.9 Å². The Hall–Kier alpha value is -1.45. The van der Waals surface area contributed by atoms with Crippen LogP contribution in [0.3, 0.4) is 0 Å². The Kier molecular flexibility index (Phi) is 2.66. The molecule has 1 aromatic carbocycles. The molecule has 1 heterocycles. The zero-order valence-electron chi connectivity index (χ0n) is 8.01. The third-order valence-electron chi connectivity index (χ3n) is 2.13. The monoisotopic (exact) mass is 265 g/mol. The maximum Gasteiger partial charge on any atom is 0.134 e. The average Bonchev–Trinajstić information content (AvgIpc) is 2.60. The maximum atomic E-state index is 8.33. The second-order valence-corrected chi connectivity index (χ2v) is 4.13. The Bertz CT molecular complexity index is 543. The second kappa shape index (κ2) is 3.96. The van der Waals surface area contributed by atoms with Gasteiger partial charge >= 0.3 is 0 Å². The van der Waals surface area contributed by atoms with Gasteiger partial charge in [0, 0.05) is 14.8 Å². The number of nitrogens with zero attached hydrogens (tertiary/aromatic N) is 3. The zero-order valence-corrected chi connectivity index (χ0v) is 9.60. The minimum Gasteiger partial charge on any atom is -0.461 e. The Morgan fingerprint density at radius 3 is 3.00 bits per heavy atom. The van der Waals surface area contributed by atoms with Crippen LogP contribution in [0.1, 0.15) is 18.7 Å². The summed E-state index contributed by atoms with van der Waals surface area (Å²) >= 11 is 3.39. The van der Waals surface area contributed by atoms with E-state index in [0.29, 0.717) is 5.76 Å². The second-order valence-electron chi connectivity index (χ2n) is 3.21. The average molecular weight is 266 g/mol. The van der Waals surface area contributed by atoms with Gasteiger partial charge in [-0.05, 0) is 36.7 Å². The van der Waals surface area contributed by atoms with Gasteiger partial charge in [0.25, 0.3) is 0 Å². The van der Waals surface area contributed by atoms with E-state index in [-0.39, 0.29) is 6.04 Å². The molecule has 0 saturated heterocycles. The van der Waals surface area contributed by atoms with Gasteiger partial charge in [0.15, 0.2) is 0 Å². The number of halogens is 1. The first-order valence-electron chi connectivity index (χ1n) is 4.44. The molecule has 15 heavy (non-hydrogen) atoms. The summed E-state index contributed by atoms with van der Waals surface area (Å²) in [5, 5.41) is 4.59. The van der Waals surface area contributed by atoms with Crippen LogP contribution in [-0.2, 0) is 0 Å². The zero-order chi connectivity index (χ0) is 10.8. The van der Waals surface area contributed by atoms with Crippen molar-refractivity contribution < 1.29 is 4.42 Å². The Labute approximate surface area is 94.6 Å². The highest BCUT2D eigenvalue weighted by molar-refractivity contribution is 9.10. The van der Waals surface area contributed by atoms with Crippen LogP contribution in [0.4, 0.5) is 0 Å². The van der Waals surface area contributed by atoms with Gasteiger partial charge < -0.3 is 4.42 Å². The van der Waals surface area contributed by atoms with E-state index in [1.54, 1.807) is 6.92 Å². The minimum atomic E-state index is -0.277. The first-order chi connectivity index (χ1) is 7.20. The van der Waals surface area contributed by atoms with Crippen molar-refractivity contribution >= 4 is 26.9 Å². The number of fused-ring (bicyclic) bond motifs is 1. The third kappa shape index (κ3) is 1.98. The summed E-state index contributed by atoms with van der Waals surface area (Å²) in [6.45, 7) is 1.80. The fourth-order valence-corrected chi connectivity index (χ4v) is 1.75. The number of rotatable bonds is 2. The molecule has 0 aliphatic rings. The SMILES string of the molecule is C[C@@H](N=[N+]=[N-])c1cc2cc(Br)ccc2o1. The van der Waals surface area contributed by atoms with Crippen LogP contribution in [0, 0.1) is 0 Å². The summed E-state index contributed by atoms with van der Waals surface area (Å²) < 4.78 is 6.55. The van der Waals surface area contributed by atoms with Gasteiger partial charge in [-0.25, -0.2) is 0 Å². The van der Waals surface area contributed by atoms with Gasteiger partial charge in [0.1, 0.15) is 11.3 Å². The Morgan fingerprint density at radius 2 is 2.27 bits per heavy atom. The predicted molar refractivity (Wildman–Crippen MR) is 61.5 cm³/mol. The summed E-state index contributed by atoms with van der Waals surface area (Å²) in [4.78, 5) is 2.76. The van der Waals surface area contributed by atoms with Crippen molar-refractivity contribution in [1.82, 2.24) is 0 Å². The largest absolute Gasteiger partial charge is 0.461 e. The van der Waals surface area contributed by atoms with Crippen molar-refractivity contribution in [3.63, 3.8) is 0 Å². The van der Waals surface area contributed by atoms with E-state index >= 15 is 0 Å². The summed E-state index contributed by atoms with van der Waals surface area (Å²) in [6.07, 6.45) is 0. The molecule has 0 bridgehead atoms. The van der Waals surface area contributed by atoms with Crippen molar-refractivity contribution in [2.75, 3.05) is 0 Å². The molecule has 0 radical (unpaired) electrons. The molecule has 0 spiro atoms. The van der Waals surface area contributed by atoms with Gasteiger partial charge in [-0.2, -0.15) is 0 Å². The van der Waals surface area contributed by atoms with Crippen molar-refractivity contribution in [3.8, 4) is 0 Å². The number of azide groups is 1. The number of hydrogen-bond donors (Lipinski definition) is 0. The van der Waals surface area contributed by atoms with E-state index in [1.807, 2.05) is 24.3 Å². The molecular weight excluding hydrogens is 258 g/mol. The van der Waals surface area contributed by atoms with E-state index in [2.05, 4.69) is 26.0 Å². The minimum absolute atomic E-state index is 0.277. The highest BCUT2D eigenvalue weighted by Gasteiger charge is 2.09. The van der Waals surface area contributed by atoms with Gasteiger partial charge in [-0.1, -0.05) is 21.0 Å². The van der Waals surface area contributed by atoms with Gasteiger partial charge in [-0.3, -0.25) is 0 Å². The van der Waals surface area contributed by atoms with Crippen molar-refractivity contribution in [1.29, 1.82) is 0 Å². The maximum absolute atomic E-state index is 8.33. The first-order valence-corrected chi connectivity index (χ1v) is 5.23. The molecule has 2 aromatic rings. The lowest BCUT2D eigenvalue weighted by molar-refractivity contribution is 0.512. The molecule has 5 heteroatoms. The predicted octanol–water partition coefficient (Wildman–Crippen LogP) is 4.57. The van der Waals surface area contributed by atoms with Crippen LogP contribution in [0.5, 0.6) is 0 Å². The molecule has 2 rings (SSSR count). The number of benzene rings is 1. The molecule has 0 unspecified atom stereocenters. The summed E-state index contributed by atoms with van der Waals surface area (Å²) in [5.41, 5.74) is 9.13. The topological polar surface area (TPSA) is 61.9 Å². The lowest BCUT2D eigenvalue weighted by atomic mass is 10.2. The number of hydrogen-bond acceptors (Lipinski definition) is 2. The molecule has 4 nitrogen and oxygen atoms in total. The van der Waals surface area contributed by atoms with E-state index in [9.17, 15) is 0 Å². The molecule has 0 aliphatic heterocycles. The third-order valence-corrected chi connectivity index (χ3v) is 2.63. The highest BCUT2D eigenvalue weighted by Crippen LogP contribution is 2.27. The Balaban J connectivity index is 2.51. The smallest absolute Gasteiger partial charge is 0.134 e. The fraction of sp³-hybridized carbons (Fsp3) is 0.200. The van der Waals surface area contributed by atoms with Crippen LogP contribution < -0.4 is 0 Å². The van der Waals surface area contributed by atoms with E-state index in [0.717, 1.165) is 15.4 Å². The summed E-state index contributed by atoms with van der Waals surface area (Å²) in [7, 11) is 0. The highest BCUT2D eigenvalue weighted by atomic mass is 79.9. The van der Waals surface area contributed by atoms with Gasteiger partial charge in [-0.15, -0.1) is 0 Å². The van der Waals surface area contributed by atoms with E-state index < -0.39 is 0 Å². The molecule has 0 amide bonds. The molecule has 0 aliphatic carbocycles. The first kappa shape index (κ1) is 10.1. The van der Waals surface area contributed by atoms with Gasteiger partial charge in [0.05, 0.1) is 6.04 Å². The fourth-order valence-electron chi connectivity index (χ4n) is 1.37. The van der Waals surface area contributed by atoms with Crippen molar-refractivity contribution in [2.45, 2.75) is 13.0 Å². The standard InChI is InChI=1S/C10H8BrN3O/c1-6(13-14-12)10-5-7-4-8(11)2-3-9(7)15-10/h2-6H,1H3/t6-/m1/s1. The van der Waals surface area contributed by atoms with E-state index in [4.69, 9.17) is 9.95 Å². The van der Waals surface area contributed by atoms with Gasteiger partial charge in [0.2, 0.25) is 0 Å². The molecule has 0 N–H and O–H groups in total. The summed E-state index contributed by atoms with van der Waals surface area (Å²) in [5.74, 6) is 0.681. The van der Waals surface area contributed by atoms with Crippen LogP contribution in [0.2, 0.25) is 0 Å². The van der Waals surface area contributed by atoms with Crippen LogP contribution in [-0.4, -0.2) is 0 Å². The molecule has 1 atom stereocenters. The van der Waals surface area contributed by atoms with E-state index in [1.165, 1.54) is 0 Å². The summed E-state index contributed by atoms with van der Waals surface area (Å²) in [6, 6.07) is 7.37. The lowest BCUT2D eigenvalue weighted by Gasteiger charge is -1.96. The molecule has 76 valence electrons. The van der Waals surface area contributed by atoms with Crippen LogP contribution in [0.25, 0.3) is 21.4 Å². The molecule has 0 fully saturated rings. The Morgan fingerprint density at radius 1 is 1.47 bits per heavy atom. The quantitative estimate of drug-likeness (QED) is 0.446. The normalized spacial score (nSPS) is 12.4.